The molecular formula is C18H35N3O2. The van der Waals surface area contributed by atoms with E-state index in [1.807, 2.05) is 25.7 Å². The number of rotatable bonds is 4. The molecule has 2 aliphatic heterocycles. The molecule has 5 heteroatoms. The minimum absolute atomic E-state index is 0.167. The number of piperidine rings is 2. The number of nitrogens with one attached hydrogen (secondary N) is 1. The van der Waals surface area contributed by atoms with Crippen molar-refractivity contribution in [3.05, 3.63) is 0 Å². The fraction of sp³-hybridized carbons (Fsp3) is 0.944. The van der Waals surface area contributed by atoms with Gasteiger partial charge >= 0.3 is 6.09 Å². The van der Waals surface area contributed by atoms with Gasteiger partial charge < -0.3 is 19.9 Å². The normalized spacial score (nSPS) is 24.7. The molecule has 23 heavy (non-hydrogen) atoms. The molecule has 1 unspecified atom stereocenters. The van der Waals surface area contributed by atoms with Gasteiger partial charge in [0.25, 0.3) is 0 Å². The highest BCUT2D eigenvalue weighted by Crippen LogP contribution is 2.19. The van der Waals surface area contributed by atoms with Crippen LogP contribution in [0.2, 0.25) is 0 Å². The van der Waals surface area contributed by atoms with Gasteiger partial charge in [-0.25, -0.2) is 4.79 Å². The first-order valence-electron chi connectivity index (χ1n) is 9.23. The Balaban J connectivity index is 1.66. The number of carbonyl (C=O) groups excluding carboxylic acids is 1. The highest BCUT2D eigenvalue weighted by Gasteiger charge is 2.27. The Labute approximate surface area is 141 Å². The molecule has 1 N–H and O–H groups in total. The summed E-state index contributed by atoms with van der Waals surface area (Å²) in [6.07, 6.45) is 5.97. The van der Waals surface area contributed by atoms with Crippen molar-refractivity contribution in [1.29, 1.82) is 0 Å². The Morgan fingerprint density at radius 3 is 2.52 bits per heavy atom. The number of nitrogens with zero attached hydrogens (tertiary/aromatic N) is 2. The number of hydrogen-bond acceptors (Lipinski definition) is 4. The fourth-order valence-corrected chi connectivity index (χ4v) is 3.48. The van der Waals surface area contributed by atoms with Gasteiger partial charge in [0.2, 0.25) is 0 Å². The molecule has 0 aromatic carbocycles. The Morgan fingerprint density at radius 2 is 1.87 bits per heavy atom. The molecule has 0 saturated carbocycles. The van der Waals surface area contributed by atoms with Crippen LogP contribution in [0, 0.1) is 5.92 Å². The third kappa shape index (κ3) is 6.68. The van der Waals surface area contributed by atoms with Crippen molar-refractivity contribution < 1.29 is 9.53 Å². The lowest BCUT2D eigenvalue weighted by atomic mass is 9.93. The number of carbonyl (C=O) groups is 1. The van der Waals surface area contributed by atoms with Crippen LogP contribution < -0.4 is 5.32 Å². The first kappa shape index (κ1) is 18.5. The minimum atomic E-state index is -0.411. The second kappa shape index (κ2) is 8.34. The molecule has 134 valence electrons. The number of hydrogen-bond donors (Lipinski definition) is 1. The van der Waals surface area contributed by atoms with E-state index in [1.54, 1.807) is 0 Å². The van der Waals surface area contributed by atoms with Gasteiger partial charge in [0.05, 0.1) is 0 Å². The SMILES string of the molecule is CN1CCC(CCNC2CCCN(C(=O)OC(C)(C)C)C2)CC1. The molecule has 2 saturated heterocycles. The van der Waals surface area contributed by atoms with Gasteiger partial charge in [0.15, 0.2) is 0 Å². The van der Waals surface area contributed by atoms with Crippen molar-refractivity contribution in [2.75, 3.05) is 39.8 Å². The van der Waals surface area contributed by atoms with Gasteiger partial charge in [0, 0.05) is 19.1 Å². The number of amides is 1. The quantitative estimate of drug-likeness (QED) is 0.863. The van der Waals surface area contributed by atoms with Crippen LogP contribution in [0.25, 0.3) is 0 Å². The fourth-order valence-electron chi connectivity index (χ4n) is 3.48. The lowest BCUT2D eigenvalue weighted by Gasteiger charge is -2.35. The average molecular weight is 325 g/mol. The van der Waals surface area contributed by atoms with Crippen LogP contribution in [0.4, 0.5) is 4.79 Å². The average Bonchev–Trinajstić information content (AvgIpc) is 2.48. The van der Waals surface area contributed by atoms with Gasteiger partial charge in [0.1, 0.15) is 5.60 Å². The van der Waals surface area contributed by atoms with Crippen molar-refractivity contribution in [1.82, 2.24) is 15.1 Å². The summed E-state index contributed by atoms with van der Waals surface area (Å²) in [5.41, 5.74) is -0.411. The smallest absolute Gasteiger partial charge is 0.410 e. The molecular weight excluding hydrogens is 290 g/mol. The summed E-state index contributed by atoms with van der Waals surface area (Å²) >= 11 is 0. The molecule has 5 nitrogen and oxygen atoms in total. The first-order valence-corrected chi connectivity index (χ1v) is 9.23. The molecule has 2 rings (SSSR count). The summed E-state index contributed by atoms with van der Waals surface area (Å²) in [4.78, 5) is 16.5. The molecule has 2 aliphatic rings. The van der Waals surface area contributed by atoms with E-state index in [2.05, 4.69) is 17.3 Å². The lowest BCUT2D eigenvalue weighted by Crippen LogP contribution is -2.49. The Hall–Kier alpha value is -0.810. The second-order valence-electron chi connectivity index (χ2n) is 8.25. The lowest BCUT2D eigenvalue weighted by molar-refractivity contribution is 0.0187. The molecule has 0 aliphatic carbocycles. The predicted octanol–water partition coefficient (Wildman–Crippen LogP) is 2.71. The van der Waals surface area contributed by atoms with E-state index in [0.717, 1.165) is 38.4 Å². The summed E-state index contributed by atoms with van der Waals surface area (Å²) < 4.78 is 5.49. The molecule has 1 amide bonds. The van der Waals surface area contributed by atoms with E-state index in [-0.39, 0.29) is 6.09 Å². The maximum atomic E-state index is 12.2. The van der Waals surface area contributed by atoms with Crippen molar-refractivity contribution in [3.8, 4) is 0 Å². The van der Waals surface area contributed by atoms with Gasteiger partial charge in [-0.15, -0.1) is 0 Å². The third-order valence-electron chi connectivity index (χ3n) is 4.90. The molecule has 0 aromatic heterocycles. The number of ether oxygens (including phenoxy) is 1. The summed E-state index contributed by atoms with van der Waals surface area (Å²) in [6, 6.07) is 0.419. The third-order valence-corrected chi connectivity index (χ3v) is 4.90. The molecule has 0 aromatic rings. The van der Waals surface area contributed by atoms with Crippen LogP contribution in [0.15, 0.2) is 0 Å². The summed E-state index contributed by atoms with van der Waals surface area (Å²) in [7, 11) is 2.21. The zero-order valence-corrected chi connectivity index (χ0v) is 15.4. The highest BCUT2D eigenvalue weighted by atomic mass is 16.6. The van der Waals surface area contributed by atoms with Gasteiger partial charge in [-0.3, -0.25) is 0 Å². The zero-order chi connectivity index (χ0) is 16.9. The van der Waals surface area contributed by atoms with Crippen LogP contribution in [0.3, 0.4) is 0 Å². The summed E-state index contributed by atoms with van der Waals surface area (Å²) in [5, 5.41) is 3.66. The summed E-state index contributed by atoms with van der Waals surface area (Å²) in [6.45, 7) is 10.9. The van der Waals surface area contributed by atoms with E-state index in [1.165, 1.54) is 32.4 Å². The predicted molar refractivity (Wildman–Crippen MR) is 93.7 cm³/mol. The van der Waals surface area contributed by atoms with Gasteiger partial charge in [-0.2, -0.15) is 0 Å². The van der Waals surface area contributed by atoms with Crippen LogP contribution in [-0.2, 0) is 4.74 Å². The second-order valence-corrected chi connectivity index (χ2v) is 8.25. The van der Waals surface area contributed by atoms with E-state index < -0.39 is 5.60 Å². The molecule has 2 fully saturated rings. The van der Waals surface area contributed by atoms with Crippen LogP contribution in [0.1, 0.15) is 52.9 Å². The molecule has 0 radical (unpaired) electrons. The van der Waals surface area contributed by atoms with Crippen molar-refractivity contribution in [2.24, 2.45) is 5.92 Å². The topological polar surface area (TPSA) is 44.8 Å². The van der Waals surface area contributed by atoms with Crippen molar-refractivity contribution >= 4 is 6.09 Å². The zero-order valence-electron chi connectivity index (χ0n) is 15.4. The van der Waals surface area contributed by atoms with Crippen LogP contribution >= 0.6 is 0 Å². The Bertz CT molecular complexity index is 373. The first-order chi connectivity index (χ1) is 10.8. The molecule has 2 heterocycles. The van der Waals surface area contributed by atoms with Crippen molar-refractivity contribution in [2.45, 2.75) is 64.5 Å². The Kier molecular flexibility index (Phi) is 6.72. The van der Waals surface area contributed by atoms with Crippen LogP contribution in [-0.4, -0.2) is 67.3 Å². The molecule has 1 atom stereocenters. The van der Waals surface area contributed by atoms with Crippen LogP contribution in [0.5, 0.6) is 0 Å². The van der Waals surface area contributed by atoms with Gasteiger partial charge in [-0.1, -0.05) is 0 Å². The van der Waals surface area contributed by atoms with Gasteiger partial charge in [-0.05, 0) is 85.5 Å². The molecule has 0 bridgehead atoms. The largest absolute Gasteiger partial charge is 0.444 e. The summed E-state index contributed by atoms with van der Waals surface area (Å²) in [5.74, 6) is 0.865. The van der Waals surface area contributed by atoms with E-state index in [9.17, 15) is 4.79 Å². The van der Waals surface area contributed by atoms with E-state index in [0.29, 0.717) is 6.04 Å². The Morgan fingerprint density at radius 1 is 1.17 bits per heavy atom. The maximum Gasteiger partial charge on any atom is 0.410 e. The van der Waals surface area contributed by atoms with E-state index in [4.69, 9.17) is 4.74 Å². The number of likely N-dealkylation sites (tertiary alicyclic amines) is 2. The monoisotopic (exact) mass is 325 g/mol. The molecule has 0 spiro atoms. The van der Waals surface area contributed by atoms with E-state index >= 15 is 0 Å². The standard InChI is InChI=1S/C18H35N3O2/c1-18(2,3)23-17(22)21-11-5-6-16(14-21)19-10-7-15-8-12-20(4)13-9-15/h15-16,19H,5-14H2,1-4H3. The minimum Gasteiger partial charge on any atom is -0.444 e. The highest BCUT2D eigenvalue weighted by molar-refractivity contribution is 5.68. The maximum absolute atomic E-state index is 12.2. The van der Waals surface area contributed by atoms with Crippen molar-refractivity contribution in [3.63, 3.8) is 0 Å².